The van der Waals surface area contributed by atoms with Gasteiger partial charge in [0.05, 0.1) is 6.10 Å². The molecule has 3 nitrogen and oxygen atoms in total. The van der Waals surface area contributed by atoms with Crippen LogP contribution >= 0.6 is 0 Å². The summed E-state index contributed by atoms with van der Waals surface area (Å²) in [6.07, 6.45) is 7.55. The maximum atomic E-state index is 11.2. The summed E-state index contributed by atoms with van der Waals surface area (Å²) in [5.74, 6) is 1.09. The molecular weight excluding hydrogens is 228 g/mol. The summed E-state index contributed by atoms with van der Waals surface area (Å²) in [5, 5.41) is 0. The number of aldehydes is 2. The minimum absolute atomic E-state index is 0.0387. The monoisotopic (exact) mass is 248 g/mol. The van der Waals surface area contributed by atoms with Crippen LogP contribution in [0.3, 0.4) is 0 Å². The van der Waals surface area contributed by atoms with Gasteiger partial charge in [-0.3, -0.25) is 4.79 Å². The summed E-state index contributed by atoms with van der Waals surface area (Å²) in [6.45, 7) is 4.50. The van der Waals surface area contributed by atoms with Crippen molar-refractivity contribution in [3.05, 3.63) is 11.6 Å². The van der Waals surface area contributed by atoms with Gasteiger partial charge < -0.3 is 9.53 Å². The molecule has 2 fully saturated rings. The molecule has 1 saturated carbocycles. The average molecular weight is 248 g/mol. The van der Waals surface area contributed by atoms with Crippen LogP contribution in [0.2, 0.25) is 0 Å². The van der Waals surface area contributed by atoms with Gasteiger partial charge in [-0.2, -0.15) is 0 Å². The van der Waals surface area contributed by atoms with Crippen LogP contribution in [0.15, 0.2) is 11.6 Å². The summed E-state index contributed by atoms with van der Waals surface area (Å²) in [4.78, 5) is 22.3. The van der Waals surface area contributed by atoms with Gasteiger partial charge in [0.1, 0.15) is 11.9 Å². The van der Waals surface area contributed by atoms with Crippen LogP contribution in [0.5, 0.6) is 0 Å². The van der Waals surface area contributed by atoms with E-state index in [1.807, 2.05) is 0 Å². The summed E-state index contributed by atoms with van der Waals surface area (Å²) in [6, 6.07) is 0. The zero-order valence-corrected chi connectivity index (χ0v) is 11.0. The van der Waals surface area contributed by atoms with Gasteiger partial charge in [-0.05, 0) is 48.5 Å². The molecule has 0 N–H and O–H groups in total. The van der Waals surface area contributed by atoms with E-state index < -0.39 is 5.60 Å². The fourth-order valence-corrected chi connectivity index (χ4v) is 3.68. The third-order valence-corrected chi connectivity index (χ3v) is 5.27. The second kappa shape index (κ2) is 3.77. The van der Waals surface area contributed by atoms with Gasteiger partial charge in [0.15, 0.2) is 6.29 Å². The first-order chi connectivity index (χ1) is 8.53. The number of rotatable bonds is 2. The number of allylic oxidation sites excluding steroid dienone is 2. The van der Waals surface area contributed by atoms with E-state index >= 15 is 0 Å². The molecule has 0 radical (unpaired) electrons. The number of epoxide rings is 1. The quantitative estimate of drug-likeness (QED) is 0.556. The SMILES string of the molecule is CC1(C)[C@@H]2CC[C@@]3(C=O)O[C@@H]3CC/C(C=O)=C\[C@@H]21. The Balaban J connectivity index is 1.83. The second-order valence-corrected chi connectivity index (χ2v) is 6.57. The molecule has 3 rings (SSSR count). The van der Waals surface area contributed by atoms with E-state index in [1.165, 1.54) is 0 Å². The fraction of sp³-hybridized carbons (Fsp3) is 0.733. The molecule has 0 aromatic rings. The zero-order chi connectivity index (χ0) is 13.0. The largest absolute Gasteiger partial charge is 0.358 e. The van der Waals surface area contributed by atoms with Crippen LogP contribution in [0.25, 0.3) is 0 Å². The van der Waals surface area contributed by atoms with E-state index in [0.717, 1.165) is 43.8 Å². The molecule has 0 aromatic carbocycles. The van der Waals surface area contributed by atoms with Crippen LogP contribution in [0.1, 0.15) is 39.5 Å². The first-order valence-electron chi connectivity index (χ1n) is 6.83. The van der Waals surface area contributed by atoms with Crippen molar-refractivity contribution in [2.75, 3.05) is 0 Å². The summed E-state index contributed by atoms with van der Waals surface area (Å²) >= 11 is 0. The van der Waals surface area contributed by atoms with E-state index in [4.69, 9.17) is 4.74 Å². The first-order valence-corrected chi connectivity index (χ1v) is 6.83. The number of carbonyl (C=O) groups is 2. The molecular formula is C15H20O3. The van der Waals surface area contributed by atoms with Gasteiger partial charge in [-0.1, -0.05) is 19.9 Å². The fourth-order valence-electron chi connectivity index (χ4n) is 3.68. The number of ether oxygens (including phenoxy) is 1. The highest BCUT2D eigenvalue weighted by Gasteiger charge is 2.61. The third-order valence-electron chi connectivity index (χ3n) is 5.27. The number of hydrogen-bond donors (Lipinski definition) is 0. The van der Waals surface area contributed by atoms with E-state index in [0.29, 0.717) is 11.8 Å². The highest BCUT2D eigenvalue weighted by atomic mass is 16.6. The van der Waals surface area contributed by atoms with E-state index in [9.17, 15) is 9.59 Å². The van der Waals surface area contributed by atoms with Crippen molar-refractivity contribution in [3.63, 3.8) is 0 Å². The normalized spacial score (nSPS) is 47.9. The molecule has 0 amide bonds. The van der Waals surface area contributed by atoms with Crippen molar-refractivity contribution in [2.24, 2.45) is 17.3 Å². The number of fused-ring (bicyclic) bond motifs is 2. The second-order valence-electron chi connectivity index (χ2n) is 6.57. The van der Waals surface area contributed by atoms with Crippen LogP contribution in [-0.4, -0.2) is 24.3 Å². The van der Waals surface area contributed by atoms with Crippen molar-refractivity contribution in [2.45, 2.75) is 51.2 Å². The Morgan fingerprint density at radius 2 is 2.11 bits per heavy atom. The summed E-state index contributed by atoms with van der Waals surface area (Å²) in [5.41, 5.74) is 0.634. The van der Waals surface area contributed by atoms with Crippen molar-refractivity contribution in [1.82, 2.24) is 0 Å². The Morgan fingerprint density at radius 1 is 1.33 bits per heavy atom. The van der Waals surface area contributed by atoms with Gasteiger partial charge in [-0.25, -0.2) is 0 Å². The predicted octanol–water partition coefficient (Wildman–Crippen LogP) is 2.29. The standard InChI is InChI=1S/C15H20O3/c1-14(2)11-5-6-15(9-17)13(18-15)4-3-10(8-16)7-12(11)14/h7-9,11-13H,3-6H2,1-2H3/b10-7+/t11-,12+,13-,15+/m1/s1. The third kappa shape index (κ3) is 1.68. The van der Waals surface area contributed by atoms with Gasteiger partial charge in [0.2, 0.25) is 0 Å². The first kappa shape index (κ1) is 12.1. The van der Waals surface area contributed by atoms with Gasteiger partial charge in [0, 0.05) is 0 Å². The smallest absolute Gasteiger partial charge is 0.154 e. The molecule has 4 atom stereocenters. The molecule has 1 aliphatic heterocycles. The van der Waals surface area contributed by atoms with E-state index in [2.05, 4.69) is 19.9 Å². The molecule has 0 aromatic heterocycles. The number of hydrogen-bond acceptors (Lipinski definition) is 3. The zero-order valence-electron chi connectivity index (χ0n) is 11.0. The molecule has 1 saturated heterocycles. The van der Waals surface area contributed by atoms with Gasteiger partial charge in [-0.15, -0.1) is 0 Å². The van der Waals surface area contributed by atoms with E-state index in [-0.39, 0.29) is 11.5 Å². The highest BCUT2D eigenvalue weighted by Crippen LogP contribution is 2.63. The molecule has 2 aliphatic carbocycles. The maximum Gasteiger partial charge on any atom is 0.154 e. The lowest BCUT2D eigenvalue weighted by Crippen LogP contribution is -2.18. The molecule has 3 aliphatic rings. The van der Waals surface area contributed by atoms with Gasteiger partial charge in [0.25, 0.3) is 0 Å². The van der Waals surface area contributed by atoms with Crippen LogP contribution in [0.4, 0.5) is 0 Å². The van der Waals surface area contributed by atoms with Crippen molar-refractivity contribution >= 4 is 12.6 Å². The van der Waals surface area contributed by atoms with Crippen LogP contribution < -0.4 is 0 Å². The topological polar surface area (TPSA) is 46.7 Å². The lowest BCUT2D eigenvalue weighted by molar-refractivity contribution is -0.112. The molecule has 3 heteroatoms. The minimum atomic E-state index is -0.519. The lowest BCUT2D eigenvalue weighted by atomic mass is 9.93. The molecule has 18 heavy (non-hydrogen) atoms. The Bertz CT molecular complexity index is 423. The Labute approximate surface area is 108 Å². The summed E-state index contributed by atoms with van der Waals surface area (Å²) < 4.78 is 5.60. The Morgan fingerprint density at radius 3 is 2.78 bits per heavy atom. The molecule has 0 unspecified atom stereocenters. The molecule has 1 heterocycles. The van der Waals surface area contributed by atoms with Crippen molar-refractivity contribution < 1.29 is 14.3 Å². The van der Waals surface area contributed by atoms with Crippen molar-refractivity contribution in [3.8, 4) is 0 Å². The highest BCUT2D eigenvalue weighted by molar-refractivity contribution is 5.74. The van der Waals surface area contributed by atoms with Crippen molar-refractivity contribution in [1.29, 1.82) is 0 Å². The molecule has 0 bridgehead atoms. The predicted molar refractivity (Wildman–Crippen MR) is 67.0 cm³/mol. The Kier molecular flexibility index (Phi) is 2.53. The lowest BCUT2D eigenvalue weighted by Gasteiger charge is -2.07. The molecule has 0 spiro atoms. The van der Waals surface area contributed by atoms with Gasteiger partial charge >= 0.3 is 0 Å². The average Bonchev–Trinajstić information content (AvgIpc) is 3.18. The number of carbonyl (C=O) groups excluding carboxylic acids is 2. The Hall–Kier alpha value is -0.960. The maximum absolute atomic E-state index is 11.2. The van der Waals surface area contributed by atoms with E-state index in [1.54, 1.807) is 0 Å². The van der Waals surface area contributed by atoms with Crippen LogP contribution in [0, 0.1) is 17.3 Å². The summed E-state index contributed by atoms with van der Waals surface area (Å²) in [7, 11) is 0. The minimum Gasteiger partial charge on any atom is -0.358 e. The molecule has 98 valence electrons. The van der Waals surface area contributed by atoms with Crippen LogP contribution in [-0.2, 0) is 14.3 Å².